The molecule has 0 aromatic carbocycles. The number of anilines is 1. The van der Waals surface area contributed by atoms with E-state index in [-0.39, 0.29) is 34.5 Å². The molecule has 2 aliphatic rings. The summed E-state index contributed by atoms with van der Waals surface area (Å²) in [6, 6.07) is -2.70. The maximum atomic E-state index is 13.2. The van der Waals surface area contributed by atoms with E-state index in [1.54, 1.807) is 0 Å². The van der Waals surface area contributed by atoms with Crippen LogP contribution >= 0.6 is 11.3 Å². The molecule has 39 heavy (non-hydrogen) atoms. The second-order valence-corrected chi connectivity index (χ2v) is 11.0. The van der Waals surface area contributed by atoms with E-state index in [0.717, 1.165) is 17.8 Å². The Hall–Kier alpha value is -3.72. The second kappa shape index (κ2) is 11.2. The summed E-state index contributed by atoms with van der Waals surface area (Å²) < 4.78 is 34.8. The number of aromatic nitrogens is 4. The van der Waals surface area contributed by atoms with Crippen LogP contribution in [0.15, 0.2) is 16.7 Å². The normalized spacial score (nSPS) is 20.4. The van der Waals surface area contributed by atoms with Gasteiger partial charge in [0, 0.05) is 31.0 Å². The SMILES string of the molecule is NCCCNCc1cn(C[C@@H]2[C@H](NC(=O)C(=NOC3(C(=O)O)CC3)c3csc(N)n3)C(=O)N2S(=O)(=O)O)nn1. The van der Waals surface area contributed by atoms with Crippen molar-refractivity contribution < 1.29 is 37.3 Å². The Balaban J connectivity index is 1.51. The lowest BCUT2D eigenvalue weighted by molar-refractivity contribution is -0.153. The van der Waals surface area contributed by atoms with Crippen LogP contribution in [0.3, 0.4) is 0 Å². The van der Waals surface area contributed by atoms with Gasteiger partial charge < -0.3 is 32.0 Å². The van der Waals surface area contributed by atoms with Gasteiger partial charge in [-0.1, -0.05) is 10.4 Å². The third kappa shape index (κ3) is 6.30. The van der Waals surface area contributed by atoms with Crippen molar-refractivity contribution in [1.29, 1.82) is 0 Å². The van der Waals surface area contributed by atoms with Gasteiger partial charge in [0.2, 0.25) is 5.60 Å². The predicted molar refractivity (Wildman–Crippen MR) is 133 cm³/mol. The van der Waals surface area contributed by atoms with Gasteiger partial charge in [-0.05, 0) is 19.5 Å². The fourth-order valence-electron chi connectivity index (χ4n) is 3.69. The van der Waals surface area contributed by atoms with Gasteiger partial charge in [0.1, 0.15) is 11.7 Å². The maximum absolute atomic E-state index is 13.2. The number of oxime groups is 1. The van der Waals surface area contributed by atoms with Gasteiger partial charge in [-0.2, -0.15) is 8.42 Å². The summed E-state index contributed by atoms with van der Waals surface area (Å²) in [4.78, 5) is 46.4. The summed E-state index contributed by atoms with van der Waals surface area (Å²) >= 11 is 0.978. The molecule has 8 N–H and O–H groups in total. The molecule has 1 saturated heterocycles. The lowest BCUT2D eigenvalue weighted by Gasteiger charge is -2.43. The summed E-state index contributed by atoms with van der Waals surface area (Å²) in [5, 5.41) is 27.8. The standard InChI is InChI=1S/C19H26N10O8S2/c20-4-1-5-22-6-10-7-28(27-25-10)8-12-14(16(31)29(12)39(34,35)36)24-15(30)13(11-9-38-18(21)23-11)26-37-19(2-3-19)17(32)33/h7,9,12,14,22H,1-6,8,20H2,(H2,21,23)(H,24,30)(H,32,33)(H,34,35,36)/t12-,14+/m1/s1. The third-order valence-electron chi connectivity index (χ3n) is 5.91. The monoisotopic (exact) mass is 586 g/mol. The molecule has 2 aromatic heterocycles. The number of amides is 2. The number of carbonyl (C=O) groups is 3. The molecular weight excluding hydrogens is 560 g/mol. The van der Waals surface area contributed by atoms with Gasteiger partial charge in [-0.15, -0.1) is 16.4 Å². The number of hydrogen-bond acceptors (Lipinski definition) is 14. The highest BCUT2D eigenvalue weighted by Gasteiger charge is 2.56. The number of rotatable bonds is 14. The number of β-lactam (4-membered cyclic amide) rings is 1. The number of hydrogen-bond donors (Lipinski definition) is 6. The average Bonchev–Trinajstić information content (AvgIpc) is 3.33. The molecule has 2 aromatic rings. The Morgan fingerprint density at radius 1 is 1.36 bits per heavy atom. The van der Waals surface area contributed by atoms with E-state index >= 15 is 0 Å². The third-order valence-corrected chi connectivity index (χ3v) is 7.54. The van der Waals surface area contributed by atoms with E-state index in [0.29, 0.717) is 25.3 Å². The zero-order valence-electron chi connectivity index (χ0n) is 20.3. The molecule has 0 unspecified atom stereocenters. The molecule has 4 rings (SSSR count). The van der Waals surface area contributed by atoms with E-state index in [9.17, 15) is 32.5 Å². The molecule has 0 spiro atoms. The number of carboxylic acids is 1. The van der Waals surface area contributed by atoms with E-state index < -0.39 is 51.5 Å². The van der Waals surface area contributed by atoms with E-state index in [2.05, 4.69) is 31.1 Å². The van der Waals surface area contributed by atoms with Crippen LogP contribution in [0.2, 0.25) is 0 Å². The van der Waals surface area contributed by atoms with Crippen LogP contribution in [-0.4, -0.2) is 96.6 Å². The molecule has 2 amide bonds. The number of carbonyl (C=O) groups excluding carboxylic acids is 2. The smallest absolute Gasteiger partial charge is 0.362 e. The average molecular weight is 587 g/mol. The van der Waals surface area contributed by atoms with E-state index in [1.807, 2.05) is 0 Å². The zero-order chi connectivity index (χ0) is 28.4. The minimum absolute atomic E-state index is 0.0470. The molecule has 20 heteroatoms. The molecule has 0 bridgehead atoms. The predicted octanol–water partition coefficient (Wildman–Crippen LogP) is -2.71. The number of carboxylic acid groups (broad SMARTS) is 1. The van der Waals surface area contributed by atoms with Crippen molar-refractivity contribution in [2.24, 2.45) is 10.9 Å². The Kier molecular flexibility index (Phi) is 8.11. The van der Waals surface area contributed by atoms with Crippen LogP contribution in [0.1, 0.15) is 30.7 Å². The number of nitrogens with two attached hydrogens (primary N) is 2. The molecule has 3 heterocycles. The quantitative estimate of drug-likeness (QED) is 0.0432. The Morgan fingerprint density at radius 2 is 2.10 bits per heavy atom. The van der Waals surface area contributed by atoms with Crippen LogP contribution in [0.4, 0.5) is 5.13 Å². The van der Waals surface area contributed by atoms with Gasteiger partial charge >= 0.3 is 16.3 Å². The van der Waals surface area contributed by atoms with Crippen molar-refractivity contribution in [3.05, 3.63) is 23.0 Å². The topological polar surface area (TPSA) is 270 Å². The number of thiazole rings is 1. The molecular formula is C19H26N10O8S2. The molecule has 2 atom stereocenters. The highest BCUT2D eigenvalue weighted by Crippen LogP contribution is 2.40. The van der Waals surface area contributed by atoms with Gasteiger partial charge in [0.25, 0.3) is 11.8 Å². The molecule has 1 aliphatic carbocycles. The van der Waals surface area contributed by atoms with Crippen molar-refractivity contribution in [1.82, 2.24) is 34.9 Å². The first-order valence-corrected chi connectivity index (χ1v) is 13.8. The first-order valence-electron chi connectivity index (χ1n) is 11.6. The van der Waals surface area contributed by atoms with E-state index in [4.69, 9.17) is 16.3 Å². The number of nitrogens with zero attached hydrogens (tertiary/aromatic N) is 6. The highest BCUT2D eigenvalue weighted by molar-refractivity contribution is 7.84. The summed E-state index contributed by atoms with van der Waals surface area (Å²) in [6.45, 7) is 1.28. The lowest BCUT2D eigenvalue weighted by atomic mass is 9.98. The molecule has 18 nitrogen and oxygen atoms in total. The van der Waals surface area contributed by atoms with Crippen molar-refractivity contribution in [3.8, 4) is 0 Å². The van der Waals surface area contributed by atoms with Crippen molar-refractivity contribution in [3.63, 3.8) is 0 Å². The van der Waals surface area contributed by atoms with Crippen molar-refractivity contribution >= 4 is 50.3 Å². The summed E-state index contributed by atoms with van der Waals surface area (Å²) in [5.41, 5.74) is 9.52. The van der Waals surface area contributed by atoms with Crippen LogP contribution in [0.5, 0.6) is 0 Å². The zero-order valence-corrected chi connectivity index (χ0v) is 21.9. The van der Waals surface area contributed by atoms with Gasteiger partial charge in [-0.3, -0.25) is 18.8 Å². The van der Waals surface area contributed by atoms with Crippen LogP contribution in [-0.2, 0) is 42.6 Å². The second-order valence-electron chi connectivity index (χ2n) is 8.78. The van der Waals surface area contributed by atoms with Crippen molar-refractivity contribution in [2.75, 3.05) is 18.8 Å². The minimum Gasteiger partial charge on any atom is -0.478 e. The molecule has 1 saturated carbocycles. The van der Waals surface area contributed by atoms with Gasteiger partial charge in [-0.25, -0.2) is 14.1 Å². The summed E-state index contributed by atoms with van der Waals surface area (Å²) in [6.07, 6.45) is 2.62. The van der Waals surface area contributed by atoms with Crippen molar-refractivity contribution in [2.45, 2.75) is 50.0 Å². The fourth-order valence-corrected chi connectivity index (χ4v) is 5.11. The van der Waals surface area contributed by atoms with Gasteiger partial charge in [0.15, 0.2) is 10.8 Å². The minimum atomic E-state index is -4.97. The fraction of sp³-hybridized carbons (Fsp3) is 0.526. The Labute approximate surface area is 225 Å². The summed E-state index contributed by atoms with van der Waals surface area (Å²) in [5.74, 6) is -3.38. The van der Waals surface area contributed by atoms with Crippen LogP contribution in [0, 0.1) is 0 Å². The highest BCUT2D eigenvalue weighted by atomic mass is 32.2. The number of nitrogen functional groups attached to an aromatic ring is 1. The first kappa shape index (κ1) is 28.3. The number of nitrogens with one attached hydrogen (secondary N) is 2. The largest absolute Gasteiger partial charge is 0.478 e. The molecule has 1 aliphatic heterocycles. The van der Waals surface area contributed by atoms with E-state index in [1.165, 1.54) is 16.3 Å². The molecule has 212 valence electrons. The maximum Gasteiger partial charge on any atom is 0.362 e. The lowest BCUT2D eigenvalue weighted by Crippen LogP contribution is -2.73. The first-order chi connectivity index (χ1) is 18.4. The van der Waals surface area contributed by atoms with Crippen LogP contribution in [0.25, 0.3) is 0 Å². The number of aliphatic carboxylic acids is 1. The Bertz CT molecular complexity index is 1390. The summed E-state index contributed by atoms with van der Waals surface area (Å²) in [7, 11) is -4.97. The molecule has 0 radical (unpaired) electrons. The van der Waals surface area contributed by atoms with Gasteiger partial charge in [0.05, 0.1) is 18.3 Å². The Morgan fingerprint density at radius 3 is 2.69 bits per heavy atom. The molecule has 2 fully saturated rings. The van der Waals surface area contributed by atoms with Crippen LogP contribution < -0.4 is 22.1 Å².